The third-order valence-corrected chi connectivity index (χ3v) is 6.03. The van der Waals surface area contributed by atoms with E-state index in [0.29, 0.717) is 17.9 Å². The molecule has 1 aromatic rings. The van der Waals surface area contributed by atoms with Crippen molar-refractivity contribution in [3.63, 3.8) is 0 Å². The molecule has 6 nitrogen and oxygen atoms in total. The lowest BCUT2D eigenvalue weighted by atomic mass is 10.0. The topological polar surface area (TPSA) is 98.8 Å². The molecule has 1 saturated heterocycles. The molecule has 2 atom stereocenters. The van der Waals surface area contributed by atoms with Crippen LogP contribution in [0.4, 0.5) is 0 Å². The van der Waals surface area contributed by atoms with Gasteiger partial charge in [-0.05, 0) is 19.9 Å². The molecule has 1 unspecified atom stereocenters. The van der Waals surface area contributed by atoms with Crippen molar-refractivity contribution in [2.24, 2.45) is 5.73 Å². The number of nitrogens with one attached hydrogen (secondary N) is 1. The number of amides is 1. The number of rotatable bonds is 6. The van der Waals surface area contributed by atoms with Gasteiger partial charge in [-0.2, -0.15) is 12.6 Å². The van der Waals surface area contributed by atoms with E-state index in [1.54, 1.807) is 23.9 Å². The van der Waals surface area contributed by atoms with Crippen LogP contribution in [0.15, 0.2) is 18.2 Å². The summed E-state index contributed by atoms with van der Waals surface area (Å²) in [4.78, 5) is 14.8. The van der Waals surface area contributed by atoms with Gasteiger partial charge in [0.2, 0.25) is 5.91 Å². The molecule has 1 heterocycles. The van der Waals surface area contributed by atoms with Gasteiger partial charge in [0.15, 0.2) is 11.5 Å². The van der Waals surface area contributed by atoms with Crippen molar-refractivity contribution >= 4 is 30.3 Å². The second-order valence-electron chi connectivity index (χ2n) is 6.50. The van der Waals surface area contributed by atoms with Crippen molar-refractivity contribution in [3.8, 4) is 11.5 Å². The summed E-state index contributed by atoms with van der Waals surface area (Å²) >= 11 is 5.93. The molecule has 5 N–H and O–H groups in total. The van der Waals surface area contributed by atoms with Crippen molar-refractivity contribution < 1.29 is 15.0 Å². The van der Waals surface area contributed by atoms with Gasteiger partial charge in [0, 0.05) is 41.1 Å². The molecular weight excluding hydrogens is 346 g/mol. The van der Waals surface area contributed by atoms with Crippen LogP contribution in [0.1, 0.15) is 19.4 Å². The number of phenolic OH excluding ortho intramolecular Hbond substituents is 2. The fourth-order valence-corrected chi connectivity index (χ4v) is 4.12. The summed E-state index contributed by atoms with van der Waals surface area (Å²) in [5.41, 5.74) is 6.46. The van der Waals surface area contributed by atoms with Gasteiger partial charge in [-0.3, -0.25) is 9.69 Å². The van der Waals surface area contributed by atoms with E-state index in [1.807, 2.05) is 13.8 Å². The highest BCUT2D eigenvalue weighted by atomic mass is 32.2. The Labute approximate surface area is 152 Å². The van der Waals surface area contributed by atoms with E-state index in [0.717, 1.165) is 5.88 Å². The number of nitrogens with two attached hydrogens (primary N) is 1. The van der Waals surface area contributed by atoms with Gasteiger partial charge in [0.25, 0.3) is 0 Å². The smallest absolute Gasteiger partial charge is 0.239 e. The Hall–Kier alpha value is -1.09. The van der Waals surface area contributed by atoms with Crippen LogP contribution in [0.2, 0.25) is 0 Å². The fourth-order valence-electron chi connectivity index (χ4n) is 2.84. The average molecular weight is 372 g/mol. The molecular formula is C16H25N3O3S2. The Morgan fingerprint density at radius 1 is 1.54 bits per heavy atom. The molecule has 1 aliphatic heterocycles. The van der Waals surface area contributed by atoms with E-state index in [-0.39, 0.29) is 40.8 Å². The van der Waals surface area contributed by atoms with E-state index in [9.17, 15) is 15.0 Å². The molecule has 24 heavy (non-hydrogen) atoms. The molecule has 0 aromatic heterocycles. The molecule has 0 spiro atoms. The second-order valence-corrected chi connectivity index (χ2v) is 8.46. The molecule has 1 fully saturated rings. The summed E-state index contributed by atoms with van der Waals surface area (Å²) in [6, 6.07) is 4.29. The van der Waals surface area contributed by atoms with Gasteiger partial charge in [0.05, 0.1) is 0 Å². The SMILES string of the molecule is CC1(C)SCN(C[C@@H](N)CS)C1C(=O)NCc1cccc(O)c1O. The summed E-state index contributed by atoms with van der Waals surface area (Å²) in [5, 5.41) is 22.2. The average Bonchev–Trinajstić information content (AvgIpc) is 2.83. The number of thiol groups is 1. The molecule has 8 heteroatoms. The Balaban J connectivity index is 2.06. The first-order chi connectivity index (χ1) is 11.3. The fraction of sp³-hybridized carbons (Fsp3) is 0.562. The van der Waals surface area contributed by atoms with Crippen LogP contribution < -0.4 is 11.1 Å². The molecule has 1 amide bonds. The Morgan fingerprint density at radius 2 is 2.25 bits per heavy atom. The van der Waals surface area contributed by atoms with E-state index in [2.05, 4.69) is 22.8 Å². The molecule has 0 aliphatic carbocycles. The van der Waals surface area contributed by atoms with E-state index >= 15 is 0 Å². The molecule has 1 aliphatic rings. The number of carbonyl (C=O) groups excluding carboxylic acids is 1. The maximum Gasteiger partial charge on any atom is 0.239 e. The first-order valence-electron chi connectivity index (χ1n) is 7.78. The predicted octanol–water partition coefficient (Wildman–Crippen LogP) is 1.12. The van der Waals surface area contributed by atoms with Crippen molar-refractivity contribution in [1.29, 1.82) is 0 Å². The number of hydrogen-bond donors (Lipinski definition) is 5. The van der Waals surface area contributed by atoms with Gasteiger partial charge in [-0.25, -0.2) is 0 Å². The first kappa shape index (κ1) is 19.2. The van der Waals surface area contributed by atoms with Crippen molar-refractivity contribution in [3.05, 3.63) is 23.8 Å². The number of hydrogen-bond acceptors (Lipinski definition) is 7. The number of para-hydroxylation sites is 1. The van der Waals surface area contributed by atoms with Crippen LogP contribution in [0.3, 0.4) is 0 Å². The van der Waals surface area contributed by atoms with E-state index in [1.165, 1.54) is 6.07 Å². The third kappa shape index (κ3) is 4.30. The van der Waals surface area contributed by atoms with E-state index < -0.39 is 0 Å². The Kier molecular flexibility index (Phi) is 6.30. The quantitative estimate of drug-likeness (QED) is 0.380. The number of benzene rings is 1. The van der Waals surface area contributed by atoms with Crippen LogP contribution >= 0.6 is 24.4 Å². The van der Waals surface area contributed by atoms with Gasteiger partial charge in [-0.15, -0.1) is 11.8 Å². The first-order valence-corrected chi connectivity index (χ1v) is 9.40. The predicted molar refractivity (Wildman–Crippen MR) is 100 cm³/mol. The number of carbonyl (C=O) groups is 1. The zero-order valence-corrected chi connectivity index (χ0v) is 15.6. The van der Waals surface area contributed by atoms with Gasteiger partial charge in [-0.1, -0.05) is 12.1 Å². The van der Waals surface area contributed by atoms with Gasteiger partial charge >= 0.3 is 0 Å². The van der Waals surface area contributed by atoms with Crippen LogP contribution in [0.25, 0.3) is 0 Å². The monoisotopic (exact) mass is 371 g/mol. The minimum atomic E-state index is -0.312. The molecule has 0 saturated carbocycles. The zero-order chi connectivity index (χ0) is 17.9. The molecule has 2 rings (SSSR count). The van der Waals surface area contributed by atoms with Gasteiger partial charge in [0.1, 0.15) is 6.04 Å². The van der Waals surface area contributed by atoms with E-state index in [4.69, 9.17) is 5.73 Å². The highest BCUT2D eigenvalue weighted by molar-refractivity contribution is 8.00. The Bertz CT molecular complexity index is 598. The lowest BCUT2D eigenvalue weighted by molar-refractivity contribution is -0.126. The summed E-state index contributed by atoms with van der Waals surface area (Å²) in [6.07, 6.45) is 0. The van der Waals surface area contributed by atoms with Crippen LogP contribution in [-0.4, -0.2) is 56.0 Å². The number of nitrogens with zero attached hydrogens (tertiary/aromatic N) is 1. The number of aromatic hydroxyl groups is 2. The third-order valence-electron chi connectivity index (χ3n) is 4.13. The second kappa shape index (κ2) is 7.86. The zero-order valence-electron chi connectivity index (χ0n) is 13.9. The lowest BCUT2D eigenvalue weighted by Crippen LogP contribution is -2.53. The van der Waals surface area contributed by atoms with Crippen LogP contribution in [0, 0.1) is 0 Å². The standard InChI is InChI=1S/C16H25N3O3S2/c1-16(2)14(19(9-24-16)7-11(17)8-23)15(22)18-6-10-4-3-5-12(20)13(10)21/h3-5,11,14,20-21,23H,6-9,17H2,1-2H3,(H,18,22)/t11-,14?/m1/s1. The highest BCUT2D eigenvalue weighted by Crippen LogP contribution is 2.39. The van der Waals surface area contributed by atoms with Gasteiger partial charge < -0.3 is 21.3 Å². The summed E-state index contributed by atoms with van der Waals surface area (Å²) < 4.78 is -0.235. The highest BCUT2D eigenvalue weighted by Gasteiger charge is 2.45. The molecule has 0 bridgehead atoms. The molecule has 134 valence electrons. The largest absolute Gasteiger partial charge is 0.504 e. The molecule has 1 aromatic carbocycles. The number of thioether (sulfide) groups is 1. The maximum atomic E-state index is 12.7. The van der Waals surface area contributed by atoms with Crippen molar-refractivity contribution in [2.45, 2.75) is 37.2 Å². The van der Waals surface area contributed by atoms with Crippen LogP contribution in [0.5, 0.6) is 11.5 Å². The summed E-state index contributed by atoms with van der Waals surface area (Å²) in [5.74, 6) is 0.794. The normalized spacial score (nSPS) is 21.6. The maximum absolute atomic E-state index is 12.7. The minimum absolute atomic E-state index is 0.0896. The molecule has 0 radical (unpaired) electrons. The van der Waals surface area contributed by atoms with Crippen molar-refractivity contribution in [1.82, 2.24) is 10.2 Å². The van der Waals surface area contributed by atoms with Crippen LogP contribution in [-0.2, 0) is 11.3 Å². The minimum Gasteiger partial charge on any atom is -0.504 e. The summed E-state index contributed by atoms with van der Waals surface area (Å²) in [7, 11) is 0. The number of phenols is 2. The lowest BCUT2D eigenvalue weighted by Gasteiger charge is -2.31. The summed E-state index contributed by atoms with van der Waals surface area (Å²) in [6.45, 7) is 4.85. The Morgan fingerprint density at radius 3 is 2.92 bits per heavy atom. The van der Waals surface area contributed by atoms with Crippen molar-refractivity contribution in [2.75, 3.05) is 18.2 Å².